The molecule has 0 aromatic heterocycles. The minimum atomic E-state index is -0.400. The van der Waals surface area contributed by atoms with Gasteiger partial charge in [0, 0.05) is 12.2 Å². The Morgan fingerprint density at radius 3 is 2.68 bits per heavy atom. The number of benzene rings is 2. The SMILES string of the molecule is O=C(COc1ccc(F)cc1)NCC(=O)N1CCCc2ccccc21. The van der Waals surface area contributed by atoms with Crippen LogP contribution in [-0.4, -0.2) is 31.5 Å². The molecule has 0 spiro atoms. The van der Waals surface area contributed by atoms with Crippen LogP contribution in [0.3, 0.4) is 0 Å². The third-order valence-corrected chi connectivity index (χ3v) is 4.03. The number of nitrogens with one attached hydrogen (secondary N) is 1. The Kier molecular flexibility index (Phi) is 5.28. The van der Waals surface area contributed by atoms with E-state index in [2.05, 4.69) is 5.32 Å². The molecule has 0 saturated heterocycles. The van der Waals surface area contributed by atoms with Crippen molar-refractivity contribution in [1.29, 1.82) is 0 Å². The Morgan fingerprint density at radius 1 is 1.12 bits per heavy atom. The molecular weight excluding hydrogens is 323 g/mol. The first-order valence-electron chi connectivity index (χ1n) is 8.17. The predicted molar refractivity (Wildman–Crippen MR) is 92.0 cm³/mol. The number of carbonyl (C=O) groups is 2. The molecule has 0 bridgehead atoms. The molecule has 5 nitrogen and oxygen atoms in total. The Bertz CT molecular complexity index is 762. The lowest BCUT2D eigenvalue weighted by molar-refractivity contribution is -0.126. The summed E-state index contributed by atoms with van der Waals surface area (Å²) >= 11 is 0. The highest BCUT2D eigenvalue weighted by Gasteiger charge is 2.22. The average Bonchev–Trinajstić information content (AvgIpc) is 2.65. The molecule has 2 amide bonds. The van der Waals surface area contributed by atoms with Gasteiger partial charge < -0.3 is 15.0 Å². The van der Waals surface area contributed by atoms with Crippen LogP contribution in [0.25, 0.3) is 0 Å². The molecular formula is C19H19FN2O3. The summed E-state index contributed by atoms with van der Waals surface area (Å²) < 4.78 is 18.1. The van der Waals surface area contributed by atoms with Gasteiger partial charge in [-0.3, -0.25) is 9.59 Å². The van der Waals surface area contributed by atoms with Crippen LogP contribution in [0.5, 0.6) is 5.75 Å². The average molecular weight is 342 g/mol. The molecule has 0 unspecified atom stereocenters. The highest BCUT2D eigenvalue weighted by atomic mass is 19.1. The van der Waals surface area contributed by atoms with Gasteiger partial charge in [0.1, 0.15) is 11.6 Å². The van der Waals surface area contributed by atoms with Crippen LogP contribution < -0.4 is 15.0 Å². The van der Waals surface area contributed by atoms with Gasteiger partial charge in [-0.1, -0.05) is 18.2 Å². The Morgan fingerprint density at radius 2 is 1.88 bits per heavy atom. The van der Waals surface area contributed by atoms with Crippen molar-refractivity contribution in [3.63, 3.8) is 0 Å². The largest absolute Gasteiger partial charge is 0.484 e. The van der Waals surface area contributed by atoms with Crippen molar-refractivity contribution >= 4 is 17.5 Å². The molecule has 1 N–H and O–H groups in total. The van der Waals surface area contributed by atoms with Crippen molar-refractivity contribution in [2.24, 2.45) is 0 Å². The summed E-state index contributed by atoms with van der Waals surface area (Å²) in [6, 6.07) is 13.2. The van der Waals surface area contributed by atoms with Crippen LogP contribution in [0, 0.1) is 5.82 Å². The molecule has 0 fully saturated rings. The quantitative estimate of drug-likeness (QED) is 0.907. The number of para-hydroxylation sites is 1. The van der Waals surface area contributed by atoms with E-state index in [-0.39, 0.29) is 24.9 Å². The molecule has 2 aromatic rings. The summed E-state index contributed by atoms with van der Waals surface area (Å²) in [5.41, 5.74) is 2.06. The number of carbonyl (C=O) groups excluding carboxylic acids is 2. The predicted octanol–water partition coefficient (Wildman–Crippen LogP) is 2.30. The standard InChI is InChI=1S/C19H19FN2O3/c20-15-7-9-16(10-8-15)25-13-18(23)21-12-19(24)22-11-3-5-14-4-1-2-6-17(14)22/h1-2,4,6-10H,3,5,11-13H2,(H,21,23). The van der Waals surface area contributed by atoms with Gasteiger partial charge in [0.15, 0.2) is 6.61 Å². The van der Waals surface area contributed by atoms with E-state index >= 15 is 0 Å². The molecule has 1 aliphatic rings. The third-order valence-electron chi connectivity index (χ3n) is 4.03. The second-order valence-electron chi connectivity index (χ2n) is 5.80. The molecule has 130 valence electrons. The summed E-state index contributed by atoms with van der Waals surface area (Å²) in [5.74, 6) is -0.526. The molecule has 6 heteroatoms. The van der Waals surface area contributed by atoms with Crippen molar-refractivity contribution < 1.29 is 18.7 Å². The van der Waals surface area contributed by atoms with Gasteiger partial charge in [-0.05, 0) is 48.7 Å². The highest BCUT2D eigenvalue weighted by molar-refractivity contribution is 5.97. The number of hydrogen-bond donors (Lipinski definition) is 1. The fourth-order valence-electron chi connectivity index (χ4n) is 2.79. The van der Waals surface area contributed by atoms with Crippen molar-refractivity contribution in [2.75, 3.05) is 24.6 Å². The van der Waals surface area contributed by atoms with Gasteiger partial charge in [0.2, 0.25) is 5.91 Å². The van der Waals surface area contributed by atoms with Gasteiger partial charge in [-0.25, -0.2) is 4.39 Å². The van der Waals surface area contributed by atoms with Crippen LogP contribution in [-0.2, 0) is 16.0 Å². The van der Waals surface area contributed by atoms with Crippen LogP contribution in [0.2, 0.25) is 0 Å². The van der Waals surface area contributed by atoms with Crippen molar-refractivity contribution in [3.8, 4) is 5.75 Å². The number of fused-ring (bicyclic) bond motifs is 1. The molecule has 0 radical (unpaired) electrons. The van der Waals surface area contributed by atoms with E-state index < -0.39 is 5.91 Å². The zero-order chi connectivity index (χ0) is 17.6. The summed E-state index contributed by atoms with van der Waals surface area (Å²) in [4.78, 5) is 25.9. The maximum Gasteiger partial charge on any atom is 0.258 e. The molecule has 25 heavy (non-hydrogen) atoms. The molecule has 1 heterocycles. The number of nitrogens with zero attached hydrogens (tertiary/aromatic N) is 1. The van der Waals surface area contributed by atoms with E-state index in [1.54, 1.807) is 4.90 Å². The topological polar surface area (TPSA) is 58.6 Å². The lowest BCUT2D eigenvalue weighted by Crippen LogP contribution is -2.43. The van der Waals surface area contributed by atoms with Crippen molar-refractivity contribution in [3.05, 3.63) is 59.9 Å². The van der Waals surface area contributed by atoms with Gasteiger partial charge in [-0.2, -0.15) is 0 Å². The van der Waals surface area contributed by atoms with Crippen LogP contribution in [0.4, 0.5) is 10.1 Å². The molecule has 0 atom stereocenters. The summed E-state index contributed by atoms with van der Waals surface area (Å²) in [5, 5.41) is 2.56. The lowest BCUT2D eigenvalue weighted by Gasteiger charge is -2.29. The third kappa shape index (κ3) is 4.35. The number of aryl methyl sites for hydroxylation is 1. The number of halogens is 1. The highest BCUT2D eigenvalue weighted by Crippen LogP contribution is 2.26. The minimum Gasteiger partial charge on any atom is -0.484 e. The monoisotopic (exact) mass is 342 g/mol. The van der Waals surface area contributed by atoms with Crippen LogP contribution >= 0.6 is 0 Å². The van der Waals surface area contributed by atoms with Crippen LogP contribution in [0.1, 0.15) is 12.0 Å². The van der Waals surface area contributed by atoms with Gasteiger partial charge >= 0.3 is 0 Å². The molecule has 0 saturated carbocycles. The molecule has 0 aliphatic carbocycles. The molecule has 3 rings (SSSR count). The smallest absolute Gasteiger partial charge is 0.258 e. The van der Waals surface area contributed by atoms with Crippen molar-refractivity contribution in [1.82, 2.24) is 5.32 Å². The normalized spacial score (nSPS) is 13.1. The zero-order valence-corrected chi connectivity index (χ0v) is 13.7. The Hall–Kier alpha value is -2.89. The first kappa shape index (κ1) is 17.0. The number of hydrogen-bond acceptors (Lipinski definition) is 3. The lowest BCUT2D eigenvalue weighted by atomic mass is 10.0. The summed E-state index contributed by atoms with van der Waals surface area (Å²) in [6.07, 6.45) is 1.86. The van der Waals surface area contributed by atoms with E-state index in [1.807, 2.05) is 24.3 Å². The number of rotatable bonds is 5. The van der Waals surface area contributed by atoms with E-state index in [0.717, 1.165) is 24.1 Å². The van der Waals surface area contributed by atoms with Gasteiger partial charge in [0.05, 0.1) is 6.54 Å². The number of anilines is 1. The molecule has 1 aliphatic heterocycles. The maximum absolute atomic E-state index is 12.8. The second-order valence-corrected chi connectivity index (χ2v) is 5.80. The van der Waals surface area contributed by atoms with E-state index in [4.69, 9.17) is 4.74 Å². The maximum atomic E-state index is 12.8. The summed E-state index contributed by atoms with van der Waals surface area (Å²) in [6.45, 7) is 0.341. The van der Waals surface area contributed by atoms with Crippen molar-refractivity contribution in [2.45, 2.75) is 12.8 Å². The first-order valence-corrected chi connectivity index (χ1v) is 8.17. The second kappa shape index (κ2) is 7.79. The summed E-state index contributed by atoms with van der Waals surface area (Å²) in [7, 11) is 0. The Labute approximate surface area is 145 Å². The number of ether oxygens (including phenoxy) is 1. The minimum absolute atomic E-state index is 0.0834. The van der Waals surface area contributed by atoms with E-state index in [1.165, 1.54) is 24.3 Å². The number of amides is 2. The van der Waals surface area contributed by atoms with E-state index in [0.29, 0.717) is 12.3 Å². The Balaban J connectivity index is 1.49. The van der Waals surface area contributed by atoms with Gasteiger partial charge in [0.25, 0.3) is 5.91 Å². The van der Waals surface area contributed by atoms with Gasteiger partial charge in [-0.15, -0.1) is 0 Å². The van der Waals surface area contributed by atoms with E-state index in [9.17, 15) is 14.0 Å². The molecule has 2 aromatic carbocycles. The fourth-order valence-corrected chi connectivity index (χ4v) is 2.79. The fraction of sp³-hybridized carbons (Fsp3) is 0.263. The first-order chi connectivity index (χ1) is 12.1. The zero-order valence-electron chi connectivity index (χ0n) is 13.7. The van der Waals surface area contributed by atoms with Crippen LogP contribution in [0.15, 0.2) is 48.5 Å².